The van der Waals surface area contributed by atoms with E-state index in [1.807, 2.05) is 0 Å². The van der Waals surface area contributed by atoms with Gasteiger partial charge in [-0.05, 0) is 49.9 Å². The molecule has 0 radical (unpaired) electrons. The molecular formula is C18H25BrN2. The van der Waals surface area contributed by atoms with E-state index < -0.39 is 0 Å². The maximum absolute atomic E-state index is 9.45. The lowest BCUT2D eigenvalue weighted by Crippen LogP contribution is -2.41. The molecule has 0 saturated heterocycles. The third kappa shape index (κ3) is 4.56. The van der Waals surface area contributed by atoms with Gasteiger partial charge in [-0.3, -0.25) is 4.90 Å². The van der Waals surface area contributed by atoms with Gasteiger partial charge in [-0.15, -0.1) is 0 Å². The first kappa shape index (κ1) is 16.5. The zero-order chi connectivity index (χ0) is 15.2. The van der Waals surface area contributed by atoms with Gasteiger partial charge in [0, 0.05) is 17.1 Å². The molecule has 2 nitrogen and oxygen atoms in total. The zero-order valence-corrected chi connectivity index (χ0v) is 14.6. The van der Waals surface area contributed by atoms with Crippen LogP contribution in [0.4, 0.5) is 0 Å². The first-order valence-corrected chi connectivity index (χ1v) is 8.77. The molecule has 21 heavy (non-hydrogen) atoms. The highest BCUT2D eigenvalue weighted by atomic mass is 79.9. The summed E-state index contributed by atoms with van der Waals surface area (Å²) in [6.07, 6.45) is 6.04. The second-order valence-electron chi connectivity index (χ2n) is 6.31. The molecule has 3 atom stereocenters. The normalized spacial score (nSPS) is 25.8. The molecule has 0 aromatic heterocycles. The molecule has 1 fully saturated rings. The lowest BCUT2D eigenvalue weighted by Gasteiger charge is -2.38. The van der Waals surface area contributed by atoms with Crippen molar-refractivity contribution in [1.82, 2.24) is 4.90 Å². The van der Waals surface area contributed by atoms with E-state index >= 15 is 0 Å². The number of rotatable bonds is 5. The monoisotopic (exact) mass is 348 g/mol. The maximum atomic E-state index is 9.45. The van der Waals surface area contributed by atoms with E-state index in [4.69, 9.17) is 0 Å². The van der Waals surface area contributed by atoms with Gasteiger partial charge in [0.25, 0.3) is 0 Å². The quantitative estimate of drug-likeness (QED) is 0.749. The Morgan fingerprint density at radius 1 is 1.29 bits per heavy atom. The van der Waals surface area contributed by atoms with E-state index in [2.05, 4.69) is 65.1 Å². The van der Waals surface area contributed by atoms with Gasteiger partial charge in [-0.2, -0.15) is 5.26 Å². The minimum Gasteiger partial charge on any atom is -0.298 e. The van der Waals surface area contributed by atoms with Crippen molar-refractivity contribution >= 4 is 15.9 Å². The number of nitriles is 1. The van der Waals surface area contributed by atoms with Gasteiger partial charge in [0.1, 0.15) is 0 Å². The highest BCUT2D eigenvalue weighted by molar-refractivity contribution is 9.10. The van der Waals surface area contributed by atoms with Crippen molar-refractivity contribution < 1.29 is 0 Å². The van der Waals surface area contributed by atoms with Gasteiger partial charge in [0.2, 0.25) is 0 Å². The molecule has 114 valence electrons. The summed E-state index contributed by atoms with van der Waals surface area (Å²) in [5.41, 5.74) is 1.31. The van der Waals surface area contributed by atoms with Crippen LogP contribution in [0.5, 0.6) is 0 Å². The van der Waals surface area contributed by atoms with Crippen LogP contribution in [0.15, 0.2) is 28.7 Å². The van der Waals surface area contributed by atoms with Crippen molar-refractivity contribution in [1.29, 1.82) is 5.26 Å². The number of nitrogens with zero attached hydrogens (tertiary/aromatic N) is 2. The standard InChI is InChI=1S/C18H25BrN2/c1-3-4-14-5-8-16(12-20)18(11-14)21(2)13-15-6-9-17(19)10-7-15/h6-7,9-10,14,16,18H,3-5,8,11,13H2,1-2H3. The smallest absolute Gasteiger partial charge is 0.0672 e. The Morgan fingerprint density at radius 2 is 2.00 bits per heavy atom. The molecule has 0 aliphatic heterocycles. The van der Waals surface area contributed by atoms with Crippen LogP contribution in [-0.2, 0) is 6.54 Å². The van der Waals surface area contributed by atoms with Crippen molar-refractivity contribution in [2.75, 3.05) is 7.05 Å². The van der Waals surface area contributed by atoms with Crippen LogP contribution in [0.25, 0.3) is 0 Å². The molecule has 1 saturated carbocycles. The fraction of sp³-hybridized carbons (Fsp3) is 0.611. The summed E-state index contributed by atoms with van der Waals surface area (Å²) in [6, 6.07) is 11.4. The van der Waals surface area contributed by atoms with Crippen molar-refractivity contribution in [3.8, 4) is 6.07 Å². The summed E-state index contributed by atoms with van der Waals surface area (Å²) in [5, 5.41) is 9.45. The first-order valence-electron chi connectivity index (χ1n) is 7.98. The fourth-order valence-electron chi connectivity index (χ4n) is 3.53. The number of hydrogen-bond donors (Lipinski definition) is 0. The molecule has 0 spiro atoms. The summed E-state index contributed by atoms with van der Waals surface area (Å²) in [6.45, 7) is 3.19. The van der Waals surface area contributed by atoms with Gasteiger partial charge >= 0.3 is 0 Å². The summed E-state index contributed by atoms with van der Waals surface area (Å²) in [4.78, 5) is 2.39. The third-order valence-corrected chi connectivity index (χ3v) is 5.23. The molecule has 0 N–H and O–H groups in total. The zero-order valence-electron chi connectivity index (χ0n) is 13.1. The van der Waals surface area contributed by atoms with Crippen LogP contribution in [0.2, 0.25) is 0 Å². The Bertz CT molecular complexity index is 477. The highest BCUT2D eigenvalue weighted by Crippen LogP contribution is 2.34. The van der Waals surface area contributed by atoms with Crippen LogP contribution >= 0.6 is 15.9 Å². The molecule has 1 aliphatic rings. The molecule has 0 amide bonds. The van der Waals surface area contributed by atoms with Gasteiger partial charge in [0.15, 0.2) is 0 Å². The average molecular weight is 349 g/mol. The minimum atomic E-state index is 0.193. The van der Waals surface area contributed by atoms with Crippen LogP contribution in [0.1, 0.15) is 44.6 Å². The molecule has 3 heteroatoms. The molecular weight excluding hydrogens is 324 g/mol. The van der Waals surface area contributed by atoms with Gasteiger partial charge in [0.05, 0.1) is 12.0 Å². The Kier molecular flexibility index (Phi) is 6.26. The lowest BCUT2D eigenvalue weighted by molar-refractivity contribution is 0.116. The summed E-state index contributed by atoms with van der Waals surface area (Å²) in [7, 11) is 2.17. The maximum Gasteiger partial charge on any atom is 0.0672 e. The van der Waals surface area contributed by atoms with Crippen LogP contribution in [-0.4, -0.2) is 18.0 Å². The summed E-state index contributed by atoms with van der Waals surface area (Å²) in [5.74, 6) is 0.996. The topological polar surface area (TPSA) is 27.0 Å². The van der Waals surface area contributed by atoms with E-state index in [0.29, 0.717) is 6.04 Å². The molecule has 0 bridgehead atoms. The van der Waals surface area contributed by atoms with E-state index in [1.165, 1.54) is 31.2 Å². The van der Waals surface area contributed by atoms with E-state index in [9.17, 15) is 5.26 Å². The predicted octanol–water partition coefficient (Wildman–Crippen LogP) is 4.99. The molecule has 1 aromatic rings. The van der Waals surface area contributed by atoms with Crippen LogP contribution < -0.4 is 0 Å². The second-order valence-corrected chi connectivity index (χ2v) is 7.23. The number of halogens is 1. The summed E-state index contributed by atoms with van der Waals surface area (Å²) < 4.78 is 1.12. The van der Waals surface area contributed by atoms with Crippen LogP contribution in [0.3, 0.4) is 0 Å². The number of benzene rings is 1. The predicted molar refractivity (Wildman–Crippen MR) is 90.7 cm³/mol. The molecule has 3 unspecified atom stereocenters. The van der Waals surface area contributed by atoms with Crippen molar-refractivity contribution in [3.63, 3.8) is 0 Å². The third-order valence-electron chi connectivity index (χ3n) is 4.70. The van der Waals surface area contributed by atoms with Crippen LogP contribution in [0, 0.1) is 23.2 Å². The average Bonchev–Trinajstić information content (AvgIpc) is 2.50. The van der Waals surface area contributed by atoms with Crippen molar-refractivity contribution in [2.24, 2.45) is 11.8 Å². The summed E-state index contributed by atoms with van der Waals surface area (Å²) >= 11 is 3.48. The number of hydrogen-bond acceptors (Lipinski definition) is 2. The molecule has 2 rings (SSSR count). The molecule has 1 aliphatic carbocycles. The first-order chi connectivity index (χ1) is 10.1. The Morgan fingerprint density at radius 3 is 2.62 bits per heavy atom. The fourth-order valence-corrected chi connectivity index (χ4v) is 3.80. The highest BCUT2D eigenvalue weighted by Gasteiger charge is 2.32. The Hall–Kier alpha value is -0.850. The second kappa shape index (κ2) is 7.96. The Labute approximate surface area is 137 Å². The van der Waals surface area contributed by atoms with Crippen molar-refractivity contribution in [3.05, 3.63) is 34.3 Å². The van der Waals surface area contributed by atoms with Gasteiger partial charge < -0.3 is 0 Å². The van der Waals surface area contributed by atoms with Crippen molar-refractivity contribution in [2.45, 2.75) is 51.6 Å². The lowest BCUT2D eigenvalue weighted by atomic mass is 9.76. The van der Waals surface area contributed by atoms with E-state index in [-0.39, 0.29) is 5.92 Å². The minimum absolute atomic E-state index is 0.193. The van der Waals surface area contributed by atoms with Gasteiger partial charge in [-0.25, -0.2) is 0 Å². The van der Waals surface area contributed by atoms with E-state index in [1.54, 1.807) is 0 Å². The largest absolute Gasteiger partial charge is 0.298 e. The van der Waals surface area contributed by atoms with Gasteiger partial charge in [-0.1, -0.05) is 47.8 Å². The Balaban J connectivity index is 2.01. The molecule has 0 heterocycles. The van der Waals surface area contributed by atoms with E-state index in [0.717, 1.165) is 23.4 Å². The molecule has 1 aromatic carbocycles. The SMILES string of the molecule is CCCC1CCC(C#N)C(N(C)Cc2ccc(Br)cc2)C1.